The first-order valence-corrected chi connectivity index (χ1v) is 9.30. The first-order valence-electron chi connectivity index (χ1n) is 7.41. The van der Waals surface area contributed by atoms with Crippen LogP contribution in [0.3, 0.4) is 0 Å². The fraction of sp³-hybridized carbons (Fsp3) is 0.769. The summed E-state index contributed by atoms with van der Waals surface area (Å²) in [5.74, 6) is 0.958. The average molecular weight is 346 g/mol. The molecule has 0 bridgehead atoms. The molecule has 0 aliphatic carbocycles. The molecule has 2 heterocycles. The second-order valence-electron chi connectivity index (χ2n) is 6.06. The molecular formula is C13H22N4O5S. The summed E-state index contributed by atoms with van der Waals surface area (Å²) in [5, 5.41) is 13.7. The molecule has 1 aromatic heterocycles. The molecule has 0 aromatic carbocycles. The number of carbonyl (C=O) groups excluding carboxylic acids is 1. The lowest BCUT2D eigenvalue weighted by Crippen LogP contribution is -2.42. The lowest BCUT2D eigenvalue weighted by atomic mass is 10.2. The van der Waals surface area contributed by atoms with Gasteiger partial charge in [0.05, 0.1) is 18.4 Å². The van der Waals surface area contributed by atoms with Gasteiger partial charge >= 0.3 is 0 Å². The zero-order chi connectivity index (χ0) is 17.2. The van der Waals surface area contributed by atoms with E-state index in [1.807, 2.05) is 13.8 Å². The van der Waals surface area contributed by atoms with Crippen molar-refractivity contribution in [3.05, 3.63) is 11.7 Å². The van der Waals surface area contributed by atoms with E-state index in [9.17, 15) is 18.3 Å². The van der Waals surface area contributed by atoms with Gasteiger partial charge in [-0.1, -0.05) is 19.0 Å². The maximum Gasteiger partial charge on any atom is 0.227 e. The molecule has 1 fully saturated rings. The van der Waals surface area contributed by atoms with Gasteiger partial charge in [0.15, 0.2) is 5.82 Å². The van der Waals surface area contributed by atoms with Crippen LogP contribution in [0.25, 0.3) is 0 Å². The van der Waals surface area contributed by atoms with Crippen molar-refractivity contribution in [2.45, 2.75) is 44.8 Å². The molecule has 0 radical (unpaired) electrons. The third-order valence-electron chi connectivity index (χ3n) is 3.56. The summed E-state index contributed by atoms with van der Waals surface area (Å²) in [4.78, 5) is 17.8. The van der Waals surface area contributed by atoms with Gasteiger partial charge in [-0.2, -0.15) is 4.98 Å². The van der Waals surface area contributed by atoms with Crippen LogP contribution in [0.4, 0.5) is 0 Å². The van der Waals surface area contributed by atoms with Crippen molar-refractivity contribution in [1.29, 1.82) is 0 Å². The summed E-state index contributed by atoms with van der Waals surface area (Å²) >= 11 is 0. The SMILES string of the molecule is CC(C)c1noc(CCC(=O)N2C[C@@H](O)[C@H](NS(C)(=O)=O)C2)n1. The predicted molar refractivity (Wildman–Crippen MR) is 81.1 cm³/mol. The van der Waals surface area contributed by atoms with Crippen molar-refractivity contribution in [3.63, 3.8) is 0 Å². The minimum absolute atomic E-state index is 0.104. The molecule has 0 saturated carbocycles. The van der Waals surface area contributed by atoms with Crippen molar-refractivity contribution in [3.8, 4) is 0 Å². The topological polar surface area (TPSA) is 126 Å². The molecule has 9 nitrogen and oxygen atoms in total. The van der Waals surface area contributed by atoms with Crippen LogP contribution in [0.2, 0.25) is 0 Å². The van der Waals surface area contributed by atoms with Gasteiger partial charge in [-0.15, -0.1) is 0 Å². The second kappa shape index (κ2) is 6.93. The van der Waals surface area contributed by atoms with Crippen LogP contribution in [0.5, 0.6) is 0 Å². The van der Waals surface area contributed by atoms with Gasteiger partial charge in [0.25, 0.3) is 0 Å². The smallest absolute Gasteiger partial charge is 0.227 e. The Balaban J connectivity index is 1.86. The quantitative estimate of drug-likeness (QED) is 0.694. The van der Waals surface area contributed by atoms with E-state index >= 15 is 0 Å². The zero-order valence-electron chi connectivity index (χ0n) is 13.4. The number of rotatable bonds is 6. The zero-order valence-corrected chi connectivity index (χ0v) is 14.2. The van der Waals surface area contributed by atoms with E-state index in [0.717, 1.165) is 6.26 Å². The molecule has 1 aliphatic rings. The molecule has 23 heavy (non-hydrogen) atoms. The Morgan fingerprint density at radius 3 is 2.74 bits per heavy atom. The van der Waals surface area contributed by atoms with Gasteiger partial charge in [-0.25, -0.2) is 13.1 Å². The number of β-amino-alcohol motifs (C(OH)–C–C–N with tert-alkyl or cyclic N) is 1. The van der Waals surface area contributed by atoms with Crippen LogP contribution in [0, 0.1) is 0 Å². The number of nitrogens with zero attached hydrogens (tertiary/aromatic N) is 3. The minimum Gasteiger partial charge on any atom is -0.390 e. The molecule has 2 N–H and O–H groups in total. The molecular weight excluding hydrogens is 324 g/mol. The van der Waals surface area contributed by atoms with Crippen molar-refractivity contribution in [1.82, 2.24) is 19.8 Å². The molecule has 10 heteroatoms. The summed E-state index contributed by atoms with van der Waals surface area (Å²) < 4.78 is 29.9. The van der Waals surface area contributed by atoms with E-state index < -0.39 is 22.2 Å². The van der Waals surface area contributed by atoms with Crippen LogP contribution in [0.1, 0.15) is 37.9 Å². The molecule has 2 rings (SSSR count). The highest BCUT2D eigenvalue weighted by atomic mass is 32.2. The number of aliphatic hydroxyl groups excluding tert-OH is 1. The number of aryl methyl sites for hydroxylation is 1. The number of likely N-dealkylation sites (tertiary alicyclic amines) is 1. The Labute approximate surface area is 135 Å². The average Bonchev–Trinajstić information content (AvgIpc) is 3.02. The number of hydrogen-bond acceptors (Lipinski definition) is 7. The molecule has 0 unspecified atom stereocenters. The summed E-state index contributed by atoms with van der Waals surface area (Å²) in [6.45, 7) is 4.14. The highest BCUT2D eigenvalue weighted by Gasteiger charge is 2.35. The minimum atomic E-state index is -3.43. The Morgan fingerprint density at radius 1 is 1.48 bits per heavy atom. The van der Waals surface area contributed by atoms with Crippen LogP contribution >= 0.6 is 0 Å². The molecule has 1 amide bonds. The Morgan fingerprint density at radius 2 is 2.17 bits per heavy atom. The number of hydrogen-bond donors (Lipinski definition) is 2. The number of amides is 1. The molecule has 1 aromatic rings. The Bertz CT molecular complexity index is 657. The summed E-state index contributed by atoms with van der Waals surface area (Å²) in [7, 11) is -3.43. The van der Waals surface area contributed by atoms with Crippen LogP contribution < -0.4 is 4.72 Å². The van der Waals surface area contributed by atoms with E-state index in [2.05, 4.69) is 14.9 Å². The monoisotopic (exact) mass is 346 g/mol. The fourth-order valence-corrected chi connectivity index (χ4v) is 3.14. The van der Waals surface area contributed by atoms with Crippen LogP contribution in [0.15, 0.2) is 4.52 Å². The number of nitrogens with one attached hydrogen (secondary N) is 1. The van der Waals surface area contributed by atoms with Crippen molar-refractivity contribution in [2.75, 3.05) is 19.3 Å². The third-order valence-corrected chi connectivity index (χ3v) is 4.29. The van der Waals surface area contributed by atoms with E-state index in [-0.39, 0.29) is 31.3 Å². The van der Waals surface area contributed by atoms with E-state index in [0.29, 0.717) is 18.1 Å². The highest BCUT2D eigenvalue weighted by Crippen LogP contribution is 2.14. The van der Waals surface area contributed by atoms with Gasteiger partial charge in [0, 0.05) is 31.8 Å². The second-order valence-corrected chi connectivity index (χ2v) is 7.84. The standard InChI is InChI=1S/C13H22N4O5S/c1-8(2)13-14-11(22-15-13)4-5-12(19)17-6-9(10(18)7-17)16-23(3,20)21/h8-10,16,18H,4-7H2,1-3H3/t9-,10-/m1/s1. The highest BCUT2D eigenvalue weighted by molar-refractivity contribution is 7.88. The lowest BCUT2D eigenvalue weighted by molar-refractivity contribution is -0.130. The van der Waals surface area contributed by atoms with Gasteiger partial charge in [0.1, 0.15) is 0 Å². The number of carbonyl (C=O) groups is 1. The Hall–Kier alpha value is -1.52. The van der Waals surface area contributed by atoms with E-state index in [1.54, 1.807) is 0 Å². The molecule has 130 valence electrons. The molecule has 1 saturated heterocycles. The summed E-state index contributed by atoms with van der Waals surface area (Å²) in [6.07, 6.45) is 0.587. The maximum absolute atomic E-state index is 12.2. The van der Waals surface area contributed by atoms with Gasteiger partial charge in [-0.3, -0.25) is 4.79 Å². The van der Waals surface area contributed by atoms with Crippen molar-refractivity contribution < 1.29 is 22.8 Å². The van der Waals surface area contributed by atoms with Gasteiger partial charge in [0.2, 0.25) is 21.8 Å². The number of aliphatic hydroxyl groups is 1. The first kappa shape index (κ1) is 17.8. The van der Waals surface area contributed by atoms with Crippen LogP contribution in [-0.2, 0) is 21.2 Å². The van der Waals surface area contributed by atoms with E-state index in [4.69, 9.17) is 4.52 Å². The maximum atomic E-state index is 12.2. The molecule has 1 aliphatic heterocycles. The van der Waals surface area contributed by atoms with E-state index in [1.165, 1.54) is 4.90 Å². The third kappa shape index (κ3) is 4.98. The fourth-order valence-electron chi connectivity index (χ4n) is 2.36. The van der Waals surface area contributed by atoms with Crippen molar-refractivity contribution >= 4 is 15.9 Å². The number of aromatic nitrogens is 2. The summed E-state index contributed by atoms with van der Waals surface area (Å²) in [6, 6.07) is -0.676. The molecule has 0 spiro atoms. The predicted octanol–water partition coefficient (Wildman–Crippen LogP) is -0.753. The van der Waals surface area contributed by atoms with Crippen molar-refractivity contribution in [2.24, 2.45) is 0 Å². The van der Waals surface area contributed by atoms with Gasteiger partial charge < -0.3 is 14.5 Å². The van der Waals surface area contributed by atoms with Gasteiger partial charge in [-0.05, 0) is 0 Å². The summed E-state index contributed by atoms with van der Waals surface area (Å²) in [5.41, 5.74) is 0. The largest absolute Gasteiger partial charge is 0.390 e. The first-order chi connectivity index (χ1) is 10.7. The number of sulfonamides is 1. The Kier molecular flexibility index (Phi) is 5.37. The molecule has 2 atom stereocenters. The van der Waals surface area contributed by atoms with Crippen LogP contribution in [-0.4, -0.2) is 66.0 Å². The lowest BCUT2D eigenvalue weighted by Gasteiger charge is -2.15. The normalized spacial score (nSPS) is 22.0.